The normalized spacial score (nSPS) is 18.6. The maximum Gasteiger partial charge on any atom is 0.176 e. The van der Waals surface area contributed by atoms with Gasteiger partial charge in [0.05, 0.1) is 6.20 Å². The summed E-state index contributed by atoms with van der Waals surface area (Å²) in [6, 6.07) is 10.1. The number of ether oxygens (including phenoxy) is 1. The molecule has 0 spiro atoms. The minimum atomic E-state index is 0.511. The summed E-state index contributed by atoms with van der Waals surface area (Å²) in [5.41, 5.74) is 1.12. The lowest BCUT2D eigenvalue weighted by Crippen LogP contribution is -2.32. The van der Waals surface area contributed by atoms with Gasteiger partial charge in [-0.3, -0.25) is 4.68 Å². The van der Waals surface area contributed by atoms with Crippen LogP contribution >= 0.6 is 11.6 Å². The minimum absolute atomic E-state index is 0.511. The van der Waals surface area contributed by atoms with Crippen molar-refractivity contribution in [3.8, 4) is 5.75 Å². The molecule has 21 heavy (non-hydrogen) atoms. The number of benzene rings is 1. The Kier molecular flexibility index (Phi) is 4.78. The molecule has 0 saturated carbocycles. The molecule has 1 aliphatic rings. The van der Waals surface area contributed by atoms with Crippen molar-refractivity contribution < 1.29 is 4.74 Å². The van der Waals surface area contributed by atoms with Gasteiger partial charge >= 0.3 is 0 Å². The number of halogens is 1. The van der Waals surface area contributed by atoms with Crippen molar-refractivity contribution in [2.24, 2.45) is 5.92 Å². The molecule has 0 aliphatic carbocycles. The summed E-state index contributed by atoms with van der Waals surface area (Å²) < 4.78 is 7.61. The molecular weight excluding hydrogens is 286 g/mol. The summed E-state index contributed by atoms with van der Waals surface area (Å²) in [6.45, 7) is 3.52. The molecule has 112 valence electrons. The van der Waals surface area contributed by atoms with Crippen LogP contribution in [0.15, 0.2) is 36.5 Å². The molecule has 1 aromatic carbocycles. The number of hydrogen-bond acceptors (Lipinski definition) is 3. The maximum atomic E-state index is 6.36. The van der Waals surface area contributed by atoms with Crippen LogP contribution in [0.5, 0.6) is 5.75 Å². The highest BCUT2D eigenvalue weighted by Crippen LogP contribution is 2.26. The molecule has 4 nitrogen and oxygen atoms in total. The minimum Gasteiger partial charge on any atom is -0.484 e. The van der Waals surface area contributed by atoms with Crippen molar-refractivity contribution in [1.29, 1.82) is 0 Å². The number of nitrogens with zero attached hydrogens (tertiary/aromatic N) is 2. The summed E-state index contributed by atoms with van der Waals surface area (Å²) >= 11 is 6.36. The molecule has 0 radical (unpaired) electrons. The quantitative estimate of drug-likeness (QED) is 0.922. The molecule has 1 unspecified atom stereocenters. The van der Waals surface area contributed by atoms with Crippen LogP contribution in [-0.2, 0) is 13.2 Å². The van der Waals surface area contributed by atoms with E-state index >= 15 is 0 Å². The second-order valence-corrected chi connectivity index (χ2v) is 5.83. The van der Waals surface area contributed by atoms with E-state index in [9.17, 15) is 0 Å². The van der Waals surface area contributed by atoms with Gasteiger partial charge in [0.2, 0.25) is 0 Å². The van der Waals surface area contributed by atoms with Gasteiger partial charge in [0.1, 0.15) is 6.61 Å². The van der Waals surface area contributed by atoms with Crippen LogP contribution in [0.1, 0.15) is 18.4 Å². The average Bonchev–Trinajstić information content (AvgIpc) is 2.88. The largest absolute Gasteiger partial charge is 0.484 e. The lowest BCUT2D eigenvalue weighted by atomic mass is 10.00. The first-order valence-corrected chi connectivity index (χ1v) is 7.79. The summed E-state index contributed by atoms with van der Waals surface area (Å²) in [4.78, 5) is 0. The fourth-order valence-electron chi connectivity index (χ4n) is 2.64. The van der Waals surface area contributed by atoms with Gasteiger partial charge in [0.25, 0.3) is 0 Å². The molecule has 3 rings (SSSR count). The monoisotopic (exact) mass is 305 g/mol. The van der Waals surface area contributed by atoms with E-state index in [1.54, 1.807) is 6.20 Å². The van der Waals surface area contributed by atoms with Gasteiger partial charge in [-0.1, -0.05) is 41.9 Å². The van der Waals surface area contributed by atoms with Crippen LogP contribution in [0.25, 0.3) is 0 Å². The molecule has 5 heteroatoms. The second-order valence-electron chi connectivity index (χ2n) is 5.47. The highest BCUT2D eigenvalue weighted by Gasteiger charge is 2.17. The van der Waals surface area contributed by atoms with Gasteiger partial charge < -0.3 is 10.1 Å². The number of nitrogens with one attached hydrogen (secondary N) is 1. The van der Waals surface area contributed by atoms with Crippen molar-refractivity contribution in [2.75, 3.05) is 13.1 Å². The predicted octanol–water partition coefficient (Wildman–Crippen LogP) is 3.12. The van der Waals surface area contributed by atoms with Gasteiger partial charge in [-0.25, -0.2) is 0 Å². The standard InChI is InChI=1S/C16H20ClN3O/c17-16-15(21-12-13-5-2-1-3-6-13)10-19-20(16)11-14-7-4-8-18-9-14/h1-3,5-6,10,14,18H,4,7-9,11-12H2. The Bertz CT molecular complexity index is 564. The molecule has 1 saturated heterocycles. The summed E-state index contributed by atoms with van der Waals surface area (Å²) in [7, 11) is 0. The molecular formula is C16H20ClN3O. The molecule has 1 aromatic heterocycles. The number of rotatable bonds is 5. The van der Waals surface area contributed by atoms with E-state index in [0.717, 1.165) is 25.2 Å². The zero-order chi connectivity index (χ0) is 14.5. The SMILES string of the molecule is Clc1c(OCc2ccccc2)cnn1CC1CCCNC1. The Balaban J connectivity index is 1.59. The van der Waals surface area contributed by atoms with Crippen molar-refractivity contribution in [3.05, 3.63) is 47.2 Å². The van der Waals surface area contributed by atoms with E-state index in [2.05, 4.69) is 10.4 Å². The molecule has 0 amide bonds. The van der Waals surface area contributed by atoms with Crippen LogP contribution in [0.3, 0.4) is 0 Å². The Morgan fingerprint density at radius 1 is 1.33 bits per heavy atom. The van der Waals surface area contributed by atoms with Crippen molar-refractivity contribution in [3.63, 3.8) is 0 Å². The number of aromatic nitrogens is 2. The topological polar surface area (TPSA) is 39.1 Å². The first-order chi connectivity index (χ1) is 10.3. The Morgan fingerprint density at radius 3 is 2.95 bits per heavy atom. The highest BCUT2D eigenvalue weighted by atomic mass is 35.5. The van der Waals surface area contributed by atoms with Crippen LogP contribution in [0.2, 0.25) is 5.15 Å². The Labute approximate surface area is 130 Å². The third-order valence-corrected chi connectivity index (χ3v) is 4.19. The van der Waals surface area contributed by atoms with Gasteiger partial charge in [-0.05, 0) is 37.4 Å². The molecule has 1 aliphatic heterocycles. The Morgan fingerprint density at radius 2 is 2.19 bits per heavy atom. The molecule has 1 fully saturated rings. The second kappa shape index (κ2) is 6.96. The van der Waals surface area contributed by atoms with Crippen molar-refractivity contribution >= 4 is 11.6 Å². The summed E-state index contributed by atoms with van der Waals surface area (Å²) in [5.74, 6) is 1.25. The van der Waals surface area contributed by atoms with E-state index < -0.39 is 0 Å². The van der Waals surface area contributed by atoms with Crippen molar-refractivity contribution in [2.45, 2.75) is 26.0 Å². The summed E-state index contributed by atoms with van der Waals surface area (Å²) in [5, 5.41) is 8.36. The molecule has 1 N–H and O–H groups in total. The van der Waals surface area contributed by atoms with Crippen molar-refractivity contribution in [1.82, 2.24) is 15.1 Å². The zero-order valence-electron chi connectivity index (χ0n) is 12.0. The maximum absolute atomic E-state index is 6.36. The average molecular weight is 306 g/mol. The zero-order valence-corrected chi connectivity index (χ0v) is 12.7. The molecule has 2 heterocycles. The summed E-state index contributed by atoms with van der Waals surface area (Å²) in [6.07, 6.45) is 4.16. The van der Waals surface area contributed by atoms with E-state index in [1.807, 2.05) is 35.0 Å². The van der Waals surface area contributed by atoms with Gasteiger partial charge in [0.15, 0.2) is 10.9 Å². The highest BCUT2D eigenvalue weighted by molar-refractivity contribution is 6.31. The Hall–Kier alpha value is -1.52. The molecule has 1 atom stereocenters. The van der Waals surface area contributed by atoms with Crippen LogP contribution in [0.4, 0.5) is 0 Å². The van der Waals surface area contributed by atoms with E-state index in [0.29, 0.717) is 23.4 Å². The van der Waals surface area contributed by atoms with E-state index in [-0.39, 0.29) is 0 Å². The third kappa shape index (κ3) is 3.77. The smallest absolute Gasteiger partial charge is 0.176 e. The van der Waals surface area contributed by atoms with Gasteiger partial charge in [-0.2, -0.15) is 5.10 Å². The van der Waals surface area contributed by atoms with Gasteiger partial charge in [-0.15, -0.1) is 0 Å². The fraction of sp³-hybridized carbons (Fsp3) is 0.438. The third-order valence-electron chi connectivity index (χ3n) is 3.81. The van der Waals surface area contributed by atoms with Crippen LogP contribution in [0, 0.1) is 5.92 Å². The van der Waals surface area contributed by atoms with E-state index in [4.69, 9.17) is 16.3 Å². The van der Waals surface area contributed by atoms with E-state index in [1.165, 1.54) is 12.8 Å². The number of hydrogen-bond donors (Lipinski definition) is 1. The molecule has 0 bridgehead atoms. The lowest BCUT2D eigenvalue weighted by Gasteiger charge is -2.22. The first kappa shape index (κ1) is 14.4. The predicted molar refractivity (Wildman–Crippen MR) is 83.6 cm³/mol. The van der Waals surface area contributed by atoms with Gasteiger partial charge in [0, 0.05) is 6.54 Å². The van der Waals surface area contributed by atoms with Crippen LogP contribution in [-0.4, -0.2) is 22.9 Å². The first-order valence-electron chi connectivity index (χ1n) is 7.41. The lowest BCUT2D eigenvalue weighted by molar-refractivity contribution is 0.303. The van der Waals surface area contributed by atoms with Crippen LogP contribution < -0.4 is 10.1 Å². The fourth-order valence-corrected chi connectivity index (χ4v) is 2.85. The molecule has 2 aromatic rings. The number of piperidine rings is 1.